The van der Waals surface area contributed by atoms with Crippen LogP contribution in [0.15, 0.2) is 59.7 Å². The van der Waals surface area contributed by atoms with E-state index in [9.17, 15) is 0 Å². The van der Waals surface area contributed by atoms with Gasteiger partial charge in [-0.2, -0.15) is 0 Å². The van der Waals surface area contributed by atoms with Crippen molar-refractivity contribution >= 4 is 11.6 Å². The van der Waals surface area contributed by atoms with E-state index in [0.29, 0.717) is 16.9 Å². The molecule has 1 unspecified atom stereocenters. The van der Waals surface area contributed by atoms with Crippen LogP contribution in [-0.2, 0) is 6.42 Å². The van der Waals surface area contributed by atoms with Gasteiger partial charge >= 0.3 is 0 Å². The summed E-state index contributed by atoms with van der Waals surface area (Å²) in [7, 11) is 0. The number of benzene rings is 1. The summed E-state index contributed by atoms with van der Waals surface area (Å²) in [6.45, 7) is 12.6. The van der Waals surface area contributed by atoms with Gasteiger partial charge in [-0.25, -0.2) is 0 Å². The summed E-state index contributed by atoms with van der Waals surface area (Å²) in [6.07, 6.45) is 7.93. The maximum Gasteiger partial charge on any atom is 0.0400 e. The number of rotatable bonds is 7. The van der Waals surface area contributed by atoms with Gasteiger partial charge in [-0.15, -0.1) is 0 Å². The third kappa shape index (κ3) is 5.21. The smallest absolute Gasteiger partial charge is 0.0400 e. The predicted molar refractivity (Wildman–Crippen MR) is 95.9 cm³/mol. The molecule has 0 N–H and O–H groups in total. The fourth-order valence-corrected chi connectivity index (χ4v) is 2.82. The van der Waals surface area contributed by atoms with Gasteiger partial charge < -0.3 is 0 Å². The average molecular weight is 303 g/mol. The molecular formula is C20H27Cl. The molecule has 1 heteroatoms. The second kappa shape index (κ2) is 8.89. The largest absolute Gasteiger partial charge is 0.0976 e. The Balaban J connectivity index is 2.94. The van der Waals surface area contributed by atoms with Crippen molar-refractivity contribution in [2.24, 2.45) is 5.92 Å². The fourth-order valence-electron chi connectivity index (χ4n) is 2.76. The van der Waals surface area contributed by atoms with Crippen molar-refractivity contribution in [3.05, 3.63) is 70.8 Å². The van der Waals surface area contributed by atoms with E-state index in [1.165, 1.54) is 16.7 Å². The highest BCUT2D eigenvalue weighted by Gasteiger charge is 2.18. The van der Waals surface area contributed by atoms with Crippen molar-refractivity contribution in [3.63, 3.8) is 0 Å². The lowest BCUT2D eigenvalue weighted by Gasteiger charge is -2.24. The van der Waals surface area contributed by atoms with E-state index in [4.69, 9.17) is 11.6 Å². The monoisotopic (exact) mass is 302 g/mol. The third-order valence-electron chi connectivity index (χ3n) is 4.24. The van der Waals surface area contributed by atoms with E-state index < -0.39 is 0 Å². The molecule has 1 rings (SSSR count). The van der Waals surface area contributed by atoms with E-state index in [1.807, 2.05) is 6.08 Å². The Morgan fingerprint density at radius 2 is 1.81 bits per heavy atom. The molecular weight excluding hydrogens is 276 g/mol. The van der Waals surface area contributed by atoms with Crippen molar-refractivity contribution < 1.29 is 0 Å². The van der Waals surface area contributed by atoms with Crippen LogP contribution < -0.4 is 0 Å². The first-order valence-corrected chi connectivity index (χ1v) is 8.16. The van der Waals surface area contributed by atoms with Gasteiger partial charge in [-0.05, 0) is 48.8 Å². The predicted octanol–water partition coefficient (Wildman–Crippen LogP) is 6.63. The van der Waals surface area contributed by atoms with Gasteiger partial charge in [-0.3, -0.25) is 0 Å². The minimum absolute atomic E-state index is 0.507. The van der Waals surface area contributed by atoms with Crippen molar-refractivity contribution in [2.75, 3.05) is 0 Å². The summed E-state index contributed by atoms with van der Waals surface area (Å²) < 4.78 is 0. The van der Waals surface area contributed by atoms with E-state index in [1.54, 1.807) is 6.08 Å². The van der Waals surface area contributed by atoms with Gasteiger partial charge in [0.05, 0.1) is 0 Å². The molecule has 0 radical (unpaired) electrons. The summed E-state index contributed by atoms with van der Waals surface area (Å²) in [4.78, 5) is 0. The summed E-state index contributed by atoms with van der Waals surface area (Å²) in [5, 5.41) is 0.684. The zero-order valence-electron chi connectivity index (χ0n) is 13.7. The Labute approximate surface area is 135 Å². The first-order chi connectivity index (χ1) is 10.0. The van der Waals surface area contributed by atoms with Crippen LogP contribution in [0.3, 0.4) is 0 Å². The summed E-state index contributed by atoms with van der Waals surface area (Å²) >= 11 is 5.99. The Morgan fingerprint density at radius 1 is 1.19 bits per heavy atom. The Hall–Kier alpha value is -1.27. The van der Waals surface area contributed by atoms with E-state index in [-0.39, 0.29) is 0 Å². The van der Waals surface area contributed by atoms with Gasteiger partial charge in [0, 0.05) is 5.03 Å². The van der Waals surface area contributed by atoms with Gasteiger partial charge in [0.2, 0.25) is 0 Å². The van der Waals surface area contributed by atoms with Crippen LogP contribution in [0.4, 0.5) is 0 Å². The molecule has 1 aromatic rings. The maximum absolute atomic E-state index is 5.99. The zero-order chi connectivity index (χ0) is 15.8. The standard InChI is InChI=1S/C20H27Cl/c1-6-17-10-12-18(13-11-17)16(5)20(8-3)15(4)9-14-19(21)7-2/h7,9-14,16,20H,2,6,8H2,1,3-5H3/b15-9+,19-14+/t16-,20?/m1/s1. The molecule has 0 heterocycles. The Bertz CT molecular complexity index is 505. The van der Waals surface area contributed by atoms with Crippen molar-refractivity contribution in [2.45, 2.75) is 46.5 Å². The van der Waals surface area contributed by atoms with Gasteiger partial charge in [0.15, 0.2) is 0 Å². The topological polar surface area (TPSA) is 0 Å². The van der Waals surface area contributed by atoms with Crippen LogP contribution >= 0.6 is 11.6 Å². The van der Waals surface area contributed by atoms with E-state index in [2.05, 4.69) is 64.6 Å². The van der Waals surface area contributed by atoms with Crippen LogP contribution in [0.1, 0.15) is 51.2 Å². The molecule has 0 saturated heterocycles. The second-order valence-corrected chi connectivity index (χ2v) is 6.00. The van der Waals surface area contributed by atoms with Crippen molar-refractivity contribution in [1.82, 2.24) is 0 Å². The molecule has 114 valence electrons. The lowest BCUT2D eigenvalue weighted by Crippen LogP contribution is -2.10. The molecule has 0 nitrogen and oxygen atoms in total. The highest BCUT2D eigenvalue weighted by Crippen LogP contribution is 2.32. The zero-order valence-corrected chi connectivity index (χ0v) is 14.5. The van der Waals surface area contributed by atoms with E-state index >= 15 is 0 Å². The average Bonchev–Trinajstić information content (AvgIpc) is 2.53. The third-order valence-corrected chi connectivity index (χ3v) is 4.52. The molecule has 21 heavy (non-hydrogen) atoms. The highest BCUT2D eigenvalue weighted by atomic mass is 35.5. The second-order valence-electron chi connectivity index (χ2n) is 5.56. The minimum atomic E-state index is 0.507. The number of hydrogen-bond donors (Lipinski definition) is 0. The molecule has 0 saturated carbocycles. The molecule has 0 aliphatic heterocycles. The highest BCUT2D eigenvalue weighted by molar-refractivity contribution is 6.31. The number of allylic oxidation sites excluding steroid dienone is 5. The van der Waals surface area contributed by atoms with Gasteiger partial charge in [0.25, 0.3) is 0 Å². The molecule has 0 bridgehead atoms. The van der Waals surface area contributed by atoms with Crippen LogP contribution in [0.2, 0.25) is 0 Å². The molecule has 1 aromatic carbocycles. The molecule has 0 aliphatic rings. The quantitative estimate of drug-likeness (QED) is 0.496. The molecule has 0 spiro atoms. The number of hydrogen-bond acceptors (Lipinski definition) is 0. The van der Waals surface area contributed by atoms with Crippen LogP contribution in [0.25, 0.3) is 0 Å². The normalized spacial score (nSPS) is 15.7. The first kappa shape index (κ1) is 17.8. The van der Waals surface area contributed by atoms with Crippen molar-refractivity contribution in [3.8, 4) is 0 Å². The maximum atomic E-state index is 5.99. The molecule has 0 aromatic heterocycles. The minimum Gasteiger partial charge on any atom is -0.0976 e. The SMILES string of the molecule is C=C/C(Cl)=C\C=C(/C)C(CC)[C@H](C)c1ccc(CC)cc1. The Morgan fingerprint density at radius 3 is 2.29 bits per heavy atom. The van der Waals surface area contributed by atoms with E-state index in [0.717, 1.165) is 12.8 Å². The Kier molecular flexibility index (Phi) is 7.53. The first-order valence-electron chi connectivity index (χ1n) is 7.78. The molecule has 0 fully saturated rings. The van der Waals surface area contributed by atoms with Gasteiger partial charge in [0.1, 0.15) is 0 Å². The molecule has 0 aliphatic carbocycles. The summed E-state index contributed by atoms with van der Waals surface area (Å²) in [5.41, 5.74) is 4.17. The van der Waals surface area contributed by atoms with Crippen LogP contribution in [0.5, 0.6) is 0 Å². The lowest BCUT2D eigenvalue weighted by molar-refractivity contribution is 0.498. The fraction of sp³-hybridized carbons (Fsp3) is 0.400. The number of halogens is 1. The lowest BCUT2D eigenvalue weighted by atomic mass is 9.81. The van der Waals surface area contributed by atoms with Gasteiger partial charge in [-0.1, -0.05) is 80.9 Å². The molecule has 0 amide bonds. The van der Waals surface area contributed by atoms with Crippen LogP contribution in [-0.4, -0.2) is 0 Å². The van der Waals surface area contributed by atoms with Crippen LogP contribution in [0, 0.1) is 5.92 Å². The molecule has 2 atom stereocenters. The number of aryl methyl sites for hydroxylation is 1. The summed E-state index contributed by atoms with van der Waals surface area (Å²) in [5.74, 6) is 1.04. The van der Waals surface area contributed by atoms with Crippen molar-refractivity contribution in [1.29, 1.82) is 0 Å². The summed E-state index contributed by atoms with van der Waals surface area (Å²) in [6, 6.07) is 9.02.